The summed E-state index contributed by atoms with van der Waals surface area (Å²) < 4.78 is 17.4. The fourth-order valence-electron chi connectivity index (χ4n) is 0.914. The van der Waals surface area contributed by atoms with E-state index in [1.807, 2.05) is 0 Å². The molecular weight excluding hydrogens is 173 g/mol. The molecule has 0 aliphatic carbocycles. The Morgan fingerprint density at radius 3 is 2.92 bits per heavy atom. The number of nitrogens with two attached hydrogens (primary N) is 1. The average Bonchev–Trinajstić information content (AvgIpc) is 2.09. The summed E-state index contributed by atoms with van der Waals surface area (Å²) in [6.07, 6.45) is 0. The van der Waals surface area contributed by atoms with E-state index in [2.05, 4.69) is 4.74 Å². The molecule has 0 aromatic heterocycles. The van der Waals surface area contributed by atoms with Gasteiger partial charge in [0.15, 0.2) is 0 Å². The smallest absolute Gasteiger partial charge is 0.340 e. The molecule has 0 fully saturated rings. The number of hydrogen-bond donors (Lipinski definition) is 1. The number of hydrogen-bond acceptors (Lipinski definition) is 3. The molecular formula is C9H10FNO2. The van der Waals surface area contributed by atoms with Gasteiger partial charge in [0.2, 0.25) is 0 Å². The standard InChI is InChI=1S/C9H10FNO2/c1-2-13-9(12)7-5-6(10)3-4-8(7)11/h3-5H,2,11H2,1H3. The highest BCUT2D eigenvalue weighted by Gasteiger charge is 2.10. The summed E-state index contributed by atoms with van der Waals surface area (Å²) in [6.45, 7) is 1.92. The Labute approximate surface area is 75.3 Å². The summed E-state index contributed by atoms with van der Waals surface area (Å²) in [7, 11) is 0. The third-order valence-corrected chi connectivity index (χ3v) is 1.51. The number of nitrogen functional groups attached to an aromatic ring is 1. The van der Waals surface area contributed by atoms with Gasteiger partial charge in [0.25, 0.3) is 0 Å². The number of carbonyl (C=O) groups is 1. The normalized spacial score (nSPS) is 9.69. The zero-order valence-electron chi connectivity index (χ0n) is 7.21. The molecule has 0 unspecified atom stereocenters. The van der Waals surface area contributed by atoms with Gasteiger partial charge in [0, 0.05) is 5.69 Å². The van der Waals surface area contributed by atoms with E-state index in [1.54, 1.807) is 6.92 Å². The van der Waals surface area contributed by atoms with Gasteiger partial charge < -0.3 is 10.5 Å². The molecule has 4 heteroatoms. The van der Waals surface area contributed by atoms with Crippen LogP contribution in [0.15, 0.2) is 18.2 Å². The van der Waals surface area contributed by atoms with Gasteiger partial charge in [-0.2, -0.15) is 0 Å². The summed E-state index contributed by atoms with van der Waals surface area (Å²) in [5.74, 6) is -1.10. The molecule has 3 nitrogen and oxygen atoms in total. The molecule has 13 heavy (non-hydrogen) atoms. The van der Waals surface area contributed by atoms with Gasteiger partial charge >= 0.3 is 5.97 Å². The minimum Gasteiger partial charge on any atom is -0.462 e. The SMILES string of the molecule is CCOC(=O)c1cc(F)ccc1N. The molecule has 70 valence electrons. The molecule has 0 aliphatic heterocycles. The van der Waals surface area contributed by atoms with Gasteiger partial charge in [-0.05, 0) is 25.1 Å². The lowest BCUT2D eigenvalue weighted by Gasteiger charge is -2.04. The maximum Gasteiger partial charge on any atom is 0.340 e. The van der Waals surface area contributed by atoms with Crippen molar-refractivity contribution in [3.8, 4) is 0 Å². The lowest BCUT2D eigenvalue weighted by Crippen LogP contribution is -2.08. The summed E-state index contributed by atoms with van der Waals surface area (Å²) in [6, 6.07) is 3.59. The van der Waals surface area contributed by atoms with Crippen molar-refractivity contribution in [1.82, 2.24) is 0 Å². The molecule has 0 bridgehead atoms. The average molecular weight is 183 g/mol. The highest BCUT2D eigenvalue weighted by molar-refractivity contribution is 5.94. The number of carbonyl (C=O) groups excluding carboxylic acids is 1. The van der Waals surface area contributed by atoms with Gasteiger partial charge in [-0.25, -0.2) is 9.18 Å². The van der Waals surface area contributed by atoms with E-state index >= 15 is 0 Å². The molecule has 0 saturated heterocycles. The Morgan fingerprint density at radius 2 is 2.31 bits per heavy atom. The first-order chi connectivity index (χ1) is 6.15. The van der Waals surface area contributed by atoms with Gasteiger partial charge in [0.05, 0.1) is 12.2 Å². The summed E-state index contributed by atoms with van der Waals surface area (Å²) in [5, 5.41) is 0. The molecule has 1 rings (SSSR count). The highest BCUT2D eigenvalue weighted by Crippen LogP contribution is 2.14. The Kier molecular flexibility index (Phi) is 2.84. The summed E-state index contributed by atoms with van der Waals surface area (Å²) in [5.41, 5.74) is 5.75. The molecule has 2 N–H and O–H groups in total. The minimum atomic E-state index is -0.598. The summed E-state index contributed by atoms with van der Waals surface area (Å²) >= 11 is 0. The Hall–Kier alpha value is -1.58. The van der Waals surface area contributed by atoms with E-state index in [9.17, 15) is 9.18 Å². The Balaban J connectivity index is 2.99. The van der Waals surface area contributed by atoms with E-state index in [4.69, 9.17) is 5.73 Å². The Morgan fingerprint density at radius 1 is 1.62 bits per heavy atom. The predicted octanol–water partition coefficient (Wildman–Crippen LogP) is 1.58. The van der Waals surface area contributed by atoms with Crippen LogP contribution in [0.3, 0.4) is 0 Å². The van der Waals surface area contributed by atoms with Crippen molar-refractivity contribution in [2.45, 2.75) is 6.92 Å². The molecule has 1 aromatic rings. The number of halogens is 1. The van der Waals surface area contributed by atoms with Crippen molar-refractivity contribution in [3.05, 3.63) is 29.6 Å². The van der Waals surface area contributed by atoms with Gasteiger partial charge in [-0.15, -0.1) is 0 Å². The highest BCUT2D eigenvalue weighted by atomic mass is 19.1. The van der Waals surface area contributed by atoms with Crippen LogP contribution in [0.5, 0.6) is 0 Å². The van der Waals surface area contributed by atoms with Crippen LogP contribution in [0.1, 0.15) is 17.3 Å². The van der Waals surface area contributed by atoms with Gasteiger partial charge in [-0.3, -0.25) is 0 Å². The van der Waals surface area contributed by atoms with Crippen LogP contribution < -0.4 is 5.73 Å². The maximum absolute atomic E-state index is 12.7. The van der Waals surface area contributed by atoms with Crippen molar-refractivity contribution in [1.29, 1.82) is 0 Å². The number of anilines is 1. The van der Waals surface area contributed by atoms with Crippen molar-refractivity contribution in [3.63, 3.8) is 0 Å². The largest absolute Gasteiger partial charge is 0.462 e. The third-order valence-electron chi connectivity index (χ3n) is 1.51. The van der Waals surface area contributed by atoms with E-state index in [-0.39, 0.29) is 17.9 Å². The zero-order valence-corrected chi connectivity index (χ0v) is 7.21. The molecule has 0 spiro atoms. The van der Waals surface area contributed by atoms with Crippen LogP contribution >= 0.6 is 0 Å². The molecule has 1 aromatic carbocycles. The first kappa shape index (κ1) is 9.51. The van der Waals surface area contributed by atoms with Crippen molar-refractivity contribution >= 4 is 11.7 Å². The minimum absolute atomic E-state index is 0.0712. The first-order valence-electron chi connectivity index (χ1n) is 3.87. The van der Waals surface area contributed by atoms with Crippen LogP contribution in [0.25, 0.3) is 0 Å². The fourth-order valence-corrected chi connectivity index (χ4v) is 0.914. The van der Waals surface area contributed by atoms with Crippen LogP contribution in [-0.2, 0) is 4.74 Å². The van der Waals surface area contributed by atoms with E-state index in [1.165, 1.54) is 12.1 Å². The fraction of sp³-hybridized carbons (Fsp3) is 0.222. The lowest BCUT2D eigenvalue weighted by atomic mass is 10.2. The predicted molar refractivity (Wildman–Crippen MR) is 46.8 cm³/mol. The molecule has 0 aliphatic rings. The van der Waals surface area contributed by atoms with E-state index in [0.29, 0.717) is 0 Å². The summed E-state index contributed by atoms with van der Waals surface area (Å²) in [4.78, 5) is 11.1. The van der Waals surface area contributed by atoms with Crippen LogP contribution in [0.4, 0.5) is 10.1 Å². The number of rotatable bonds is 2. The topological polar surface area (TPSA) is 52.3 Å². The second-order valence-electron chi connectivity index (χ2n) is 2.45. The molecule has 0 radical (unpaired) electrons. The number of ether oxygens (including phenoxy) is 1. The second kappa shape index (κ2) is 3.89. The van der Waals surface area contributed by atoms with E-state index < -0.39 is 11.8 Å². The number of benzene rings is 1. The van der Waals surface area contributed by atoms with E-state index in [0.717, 1.165) is 6.07 Å². The second-order valence-corrected chi connectivity index (χ2v) is 2.45. The van der Waals surface area contributed by atoms with Crippen LogP contribution in [0, 0.1) is 5.82 Å². The number of esters is 1. The van der Waals surface area contributed by atoms with Crippen molar-refractivity contribution in [2.24, 2.45) is 0 Å². The molecule has 0 heterocycles. The quantitative estimate of drug-likeness (QED) is 0.559. The third kappa shape index (κ3) is 2.18. The van der Waals surface area contributed by atoms with Crippen molar-refractivity contribution in [2.75, 3.05) is 12.3 Å². The lowest BCUT2D eigenvalue weighted by molar-refractivity contribution is 0.0527. The monoisotopic (exact) mass is 183 g/mol. The van der Waals surface area contributed by atoms with Gasteiger partial charge in [-0.1, -0.05) is 0 Å². The van der Waals surface area contributed by atoms with Gasteiger partial charge in [0.1, 0.15) is 5.82 Å². The molecule has 0 saturated carbocycles. The van der Waals surface area contributed by atoms with Crippen LogP contribution in [0.2, 0.25) is 0 Å². The maximum atomic E-state index is 12.7. The van der Waals surface area contributed by atoms with Crippen molar-refractivity contribution < 1.29 is 13.9 Å². The van der Waals surface area contributed by atoms with Crippen LogP contribution in [-0.4, -0.2) is 12.6 Å². The first-order valence-corrected chi connectivity index (χ1v) is 3.87. The zero-order chi connectivity index (χ0) is 9.84. The Bertz CT molecular complexity index is 325. The molecule has 0 atom stereocenters. The molecule has 0 amide bonds.